The molecule has 0 aliphatic rings. The third-order valence-electron chi connectivity index (χ3n) is 3.45. The van der Waals surface area contributed by atoms with Crippen molar-refractivity contribution in [1.82, 2.24) is 20.4 Å². The van der Waals surface area contributed by atoms with E-state index in [0.29, 0.717) is 18.4 Å². The molecule has 0 aliphatic carbocycles. The van der Waals surface area contributed by atoms with Crippen LogP contribution in [0.2, 0.25) is 0 Å². The molecule has 5 nitrogen and oxygen atoms in total. The van der Waals surface area contributed by atoms with Gasteiger partial charge in [0.15, 0.2) is 5.82 Å². The van der Waals surface area contributed by atoms with E-state index in [1.807, 2.05) is 12.1 Å². The molecule has 0 fully saturated rings. The van der Waals surface area contributed by atoms with Crippen LogP contribution in [0.15, 0.2) is 29.0 Å². The Morgan fingerprint density at radius 3 is 2.70 bits per heavy atom. The first-order valence-electron chi connectivity index (χ1n) is 7.15. The number of rotatable bonds is 7. The van der Waals surface area contributed by atoms with Gasteiger partial charge in [0.2, 0.25) is 5.89 Å². The van der Waals surface area contributed by atoms with Crippen molar-refractivity contribution in [3.63, 3.8) is 0 Å². The summed E-state index contributed by atoms with van der Waals surface area (Å²) in [6.07, 6.45) is 5.34. The molecule has 1 N–H and O–H groups in total. The van der Waals surface area contributed by atoms with E-state index < -0.39 is 0 Å². The van der Waals surface area contributed by atoms with E-state index in [1.54, 1.807) is 12.4 Å². The lowest BCUT2D eigenvalue weighted by atomic mass is 10.0. The van der Waals surface area contributed by atoms with Crippen LogP contribution in [0.1, 0.15) is 50.4 Å². The van der Waals surface area contributed by atoms with Crippen molar-refractivity contribution in [2.45, 2.75) is 45.6 Å². The molecule has 0 bridgehead atoms. The van der Waals surface area contributed by atoms with Crippen molar-refractivity contribution in [2.24, 2.45) is 0 Å². The zero-order valence-corrected chi connectivity index (χ0v) is 12.3. The Bertz CT molecular complexity index is 512. The van der Waals surface area contributed by atoms with Crippen molar-refractivity contribution in [3.8, 4) is 0 Å². The molecule has 108 valence electrons. The number of nitrogens with zero attached hydrogens (tertiary/aromatic N) is 3. The van der Waals surface area contributed by atoms with Gasteiger partial charge in [-0.25, -0.2) is 0 Å². The maximum Gasteiger partial charge on any atom is 0.231 e. The van der Waals surface area contributed by atoms with Gasteiger partial charge in [0, 0.05) is 24.9 Å². The Morgan fingerprint density at radius 2 is 2.00 bits per heavy atom. The van der Waals surface area contributed by atoms with Gasteiger partial charge in [-0.2, -0.15) is 4.98 Å². The van der Waals surface area contributed by atoms with Gasteiger partial charge in [-0.3, -0.25) is 4.98 Å². The molecule has 2 aromatic rings. The van der Waals surface area contributed by atoms with Crippen LogP contribution in [-0.2, 0) is 6.42 Å². The number of hydrogen-bond donors (Lipinski definition) is 1. The first-order valence-corrected chi connectivity index (χ1v) is 7.15. The van der Waals surface area contributed by atoms with E-state index in [0.717, 1.165) is 24.4 Å². The summed E-state index contributed by atoms with van der Waals surface area (Å²) in [5, 5.41) is 7.51. The van der Waals surface area contributed by atoms with Crippen molar-refractivity contribution in [3.05, 3.63) is 41.8 Å². The van der Waals surface area contributed by atoms with E-state index in [-0.39, 0.29) is 5.92 Å². The highest BCUT2D eigenvalue weighted by Gasteiger charge is 2.20. The molecule has 2 rings (SSSR count). The Hall–Kier alpha value is -1.75. The summed E-state index contributed by atoms with van der Waals surface area (Å²) in [5.74, 6) is 1.63. The summed E-state index contributed by atoms with van der Waals surface area (Å²) >= 11 is 0. The van der Waals surface area contributed by atoms with Crippen molar-refractivity contribution in [2.75, 3.05) is 6.54 Å². The largest absolute Gasteiger partial charge is 0.339 e. The lowest BCUT2D eigenvalue weighted by Gasteiger charge is -2.17. The molecule has 0 spiro atoms. The van der Waals surface area contributed by atoms with Crippen LogP contribution in [0.3, 0.4) is 0 Å². The molecule has 2 unspecified atom stereocenters. The summed E-state index contributed by atoms with van der Waals surface area (Å²) in [6.45, 7) is 7.41. The summed E-state index contributed by atoms with van der Waals surface area (Å²) in [7, 11) is 0. The molecule has 2 aromatic heterocycles. The van der Waals surface area contributed by atoms with Gasteiger partial charge in [-0.1, -0.05) is 19.0 Å². The van der Waals surface area contributed by atoms with Gasteiger partial charge in [0.1, 0.15) is 0 Å². The molecule has 0 saturated carbocycles. The summed E-state index contributed by atoms with van der Waals surface area (Å²) in [5.41, 5.74) is 1.14. The van der Waals surface area contributed by atoms with E-state index in [2.05, 4.69) is 41.2 Å². The highest BCUT2D eigenvalue weighted by Crippen LogP contribution is 2.18. The number of hydrogen-bond acceptors (Lipinski definition) is 5. The third-order valence-corrected chi connectivity index (χ3v) is 3.45. The Labute approximate surface area is 119 Å². The minimum Gasteiger partial charge on any atom is -0.339 e. The smallest absolute Gasteiger partial charge is 0.231 e. The van der Waals surface area contributed by atoms with Crippen LogP contribution in [0.25, 0.3) is 0 Å². The molecule has 0 saturated heterocycles. The van der Waals surface area contributed by atoms with Gasteiger partial charge < -0.3 is 9.84 Å². The molecule has 0 aromatic carbocycles. The first-order chi connectivity index (χ1) is 9.70. The van der Waals surface area contributed by atoms with E-state index in [1.165, 1.54) is 0 Å². The van der Waals surface area contributed by atoms with E-state index >= 15 is 0 Å². The van der Waals surface area contributed by atoms with Gasteiger partial charge in [-0.05, 0) is 37.6 Å². The predicted molar refractivity (Wildman–Crippen MR) is 77.5 cm³/mol. The van der Waals surface area contributed by atoms with Crippen molar-refractivity contribution >= 4 is 0 Å². The van der Waals surface area contributed by atoms with Crippen LogP contribution in [0.4, 0.5) is 0 Å². The van der Waals surface area contributed by atoms with Crippen LogP contribution >= 0.6 is 0 Å². The summed E-state index contributed by atoms with van der Waals surface area (Å²) in [6, 6.07) is 4.25. The second-order valence-corrected chi connectivity index (χ2v) is 5.11. The number of nitrogens with one attached hydrogen (secondary N) is 1. The molecule has 0 amide bonds. The van der Waals surface area contributed by atoms with E-state index in [9.17, 15) is 0 Å². The van der Waals surface area contributed by atoms with Gasteiger partial charge in [0.25, 0.3) is 0 Å². The lowest BCUT2D eigenvalue weighted by Crippen LogP contribution is -2.31. The fourth-order valence-electron chi connectivity index (χ4n) is 1.97. The van der Waals surface area contributed by atoms with Crippen LogP contribution in [0, 0.1) is 0 Å². The first kappa shape index (κ1) is 14.7. The van der Waals surface area contributed by atoms with Gasteiger partial charge in [0.05, 0.1) is 5.92 Å². The second kappa shape index (κ2) is 7.14. The third kappa shape index (κ3) is 3.87. The van der Waals surface area contributed by atoms with Gasteiger partial charge in [-0.15, -0.1) is 0 Å². The van der Waals surface area contributed by atoms with Crippen LogP contribution < -0.4 is 5.32 Å². The number of pyridine rings is 1. The monoisotopic (exact) mass is 274 g/mol. The Balaban J connectivity index is 1.98. The van der Waals surface area contributed by atoms with Crippen molar-refractivity contribution < 1.29 is 4.52 Å². The highest BCUT2D eigenvalue weighted by atomic mass is 16.5. The highest BCUT2D eigenvalue weighted by molar-refractivity contribution is 5.15. The molecule has 2 heterocycles. The summed E-state index contributed by atoms with van der Waals surface area (Å²) < 4.78 is 5.38. The molecule has 20 heavy (non-hydrogen) atoms. The fourth-order valence-corrected chi connectivity index (χ4v) is 1.97. The van der Waals surface area contributed by atoms with Crippen LogP contribution in [0.5, 0.6) is 0 Å². The fraction of sp³-hybridized carbons (Fsp3) is 0.533. The van der Waals surface area contributed by atoms with Crippen molar-refractivity contribution in [1.29, 1.82) is 0 Å². The molecular weight excluding hydrogens is 252 g/mol. The zero-order valence-electron chi connectivity index (χ0n) is 12.3. The quantitative estimate of drug-likeness (QED) is 0.840. The number of aromatic nitrogens is 3. The predicted octanol–water partition coefficient (Wildman–Crippen LogP) is 2.55. The topological polar surface area (TPSA) is 63.8 Å². The Kier molecular flexibility index (Phi) is 5.24. The maximum atomic E-state index is 5.38. The zero-order chi connectivity index (χ0) is 14.4. The normalized spacial score (nSPS) is 14.2. The van der Waals surface area contributed by atoms with Gasteiger partial charge >= 0.3 is 0 Å². The van der Waals surface area contributed by atoms with Crippen LogP contribution in [-0.4, -0.2) is 27.7 Å². The molecule has 2 atom stereocenters. The SMILES string of the molecule is CCCNC(C)C(C)c1nc(Cc2ccncc2)no1. The minimum atomic E-state index is 0.209. The second-order valence-electron chi connectivity index (χ2n) is 5.11. The average molecular weight is 274 g/mol. The van der Waals surface area contributed by atoms with E-state index in [4.69, 9.17) is 4.52 Å². The Morgan fingerprint density at radius 1 is 1.25 bits per heavy atom. The minimum absolute atomic E-state index is 0.209. The molecule has 0 aliphatic heterocycles. The lowest BCUT2D eigenvalue weighted by molar-refractivity contribution is 0.328. The molecular formula is C15H22N4O. The molecule has 5 heteroatoms. The average Bonchev–Trinajstić information content (AvgIpc) is 2.93. The standard InChI is InChI=1S/C15H22N4O/c1-4-7-17-12(3)11(2)15-18-14(19-20-15)10-13-5-8-16-9-6-13/h5-6,8-9,11-12,17H,4,7,10H2,1-3H3. The summed E-state index contributed by atoms with van der Waals surface area (Å²) in [4.78, 5) is 8.50. The molecule has 0 radical (unpaired) electrons. The maximum absolute atomic E-state index is 5.38.